The first-order chi connectivity index (χ1) is 14.3. The maximum Gasteiger partial charge on any atom is 0.217 e. The fourth-order valence-corrected chi connectivity index (χ4v) is 5.45. The number of aromatic nitrogens is 1. The first-order valence-corrected chi connectivity index (χ1v) is 12.6. The summed E-state index contributed by atoms with van der Waals surface area (Å²) in [4.78, 5) is 3.33. The summed E-state index contributed by atoms with van der Waals surface area (Å²) < 4.78 is 32.7. The zero-order valence-electron chi connectivity index (χ0n) is 18.8. The number of aromatic amines is 1. The highest BCUT2D eigenvalue weighted by atomic mass is 32.2. The highest BCUT2D eigenvalue weighted by Gasteiger charge is 2.35. The molecule has 0 spiro atoms. The van der Waals surface area contributed by atoms with Gasteiger partial charge in [0.25, 0.3) is 0 Å². The molecule has 3 N–H and O–H groups in total. The van der Waals surface area contributed by atoms with Crippen molar-refractivity contribution in [1.29, 1.82) is 0 Å². The summed E-state index contributed by atoms with van der Waals surface area (Å²) in [5.41, 5.74) is 2.44. The van der Waals surface area contributed by atoms with Crippen LogP contribution in [0.15, 0.2) is 24.4 Å². The zero-order chi connectivity index (χ0) is 21.8. The van der Waals surface area contributed by atoms with E-state index in [4.69, 9.17) is 4.74 Å². The van der Waals surface area contributed by atoms with Crippen LogP contribution in [-0.4, -0.2) is 44.4 Å². The third kappa shape index (κ3) is 5.37. The largest absolute Gasteiger partial charge is 0.497 e. The predicted molar refractivity (Wildman–Crippen MR) is 124 cm³/mol. The lowest BCUT2D eigenvalue weighted by Gasteiger charge is -2.32. The molecule has 0 unspecified atom stereocenters. The summed E-state index contributed by atoms with van der Waals surface area (Å²) in [5, 5.41) is 4.82. The summed E-state index contributed by atoms with van der Waals surface area (Å²) in [6.07, 6.45) is 7.65. The normalized spacial score (nSPS) is 20.5. The van der Waals surface area contributed by atoms with Crippen molar-refractivity contribution in [2.45, 2.75) is 70.1 Å². The maximum absolute atomic E-state index is 12.6. The molecule has 1 heterocycles. The van der Waals surface area contributed by atoms with Crippen molar-refractivity contribution in [3.05, 3.63) is 30.0 Å². The number of H-pyrrole nitrogens is 1. The Morgan fingerprint density at radius 2 is 1.93 bits per heavy atom. The number of hydrogen-bond acceptors (Lipinski definition) is 4. The maximum atomic E-state index is 12.6. The minimum Gasteiger partial charge on any atom is -0.497 e. The molecule has 0 atom stereocenters. The van der Waals surface area contributed by atoms with Crippen molar-refractivity contribution in [3.63, 3.8) is 0 Å². The lowest BCUT2D eigenvalue weighted by atomic mass is 9.86. The molecule has 0 bridgehead atoms. The fourth-order valence-electron chi connectivity index (χ4n) is 4.07. The van der Waals surface area contributed by atoms with E-state index >= 15 is 0 Å². The van der Waals surface area contributed by atoms with Gasteiger partial charge in [-0.15, -0.1) is 0 Å². The van der Waals surface area contributed by atoms with Crippen LogP contribution >= 0.6 is 0 Å². The van der Waals surface area contributed by atoms with Gasteiger partial charge in [-0.1, -0.05) is 6.92 Å². The third-order valence-electron chi connectivity index (χ3n) is 6.73. The van der Waals surface area contributed by atoms with Gasteiger partial charge in [0, 0.05) is 23.1 Å². The second-order valence-corrected chi connectivity index (χ2v) is 11.5. The minimum absolute atomic E-state index is 0.0817. The van der Waals surface area contributed by atoms with Crippen LogP contribution in [0.2, 0.25) is 0 Å². The molecule has 0 aliphatic heterocycles. The second kappa shape index (κ2) is 9.71. The molecule has 30 heavy (non-hydrogen) atoms. The van der Waals surface area contributed by atoms with Crippen LogP contribution < -0.4 is 14.8 Å². The molecule has 1 aromatic carbocycles. The van der Waals surface area contributed by atoms with E-state index in [9.17, 15) is 8.42 Å². The van der Waals surface area contributed by atoms with E-state index < -0.39 is 14.8 Å². The number of ether oxygens (including phenoxy) is 1. The Labute approximate surface area is 181 Å². The molecule has 1 aromatic heterocycles. The molecule has 0 radical (unpaired) electrons. The van der Waals surface area contributed by atoms with Crippen molar-refractivity contribution in [1.82, 2.24) is 15.0 Å². The molecule has 1 fully saturated rings. The second-order valence-electron chi connectivity index (χ2n) is 9.13. The van der Waals surface area contributed by atoms with Crippen LogP contribution in [0.1, 0.15) is 58.4 Å². The molecule has 3 rings (SSSR count). The highest BCUT2D eigenvalue weighted by molar-refractivity contribution is 7.90. The summed E-state index contributed by atoms with van der Waals surface area (Å²) in [7, 11) is -1.58. The van der Waals surface area contributed by atoms with Crippen LogP contribution in [0.4, 0.5) is 0 Å². The Kier molecular flexibility index (Phi) is 7.47. The van der Waals surface area contributed by atoms with Crippen LogP contribution in [0.3, 0.4) is 0 Å². The average molecular weight is 436 g/mol. The number of nitrogens with one attached hydrogen (secondary N) is 3. The Hall–Kier alpha value is -1.57. The number of fused-ring (bicyclic) bond motifs is 1. The van der Waals surface area contributed by atoms with Crippen LogP contribution in [0, 0.1) is 5.92 Å². The molecule has 1 aliphatic carbocycles. The van der Waals surface area contributed by atoms with E-state index in [0.717, 1.165) is 56.5 Å². The van der Waals surface area contributed by atoms with Crippen molar-refractivity contribution >= 4 is 20.9 Å². The highest BCUT2D eigenvalue weighted by Crippen LogP contribution is 2.27. The van der Waals surface area contributed by atoms with Gasteiger partial charge in [0.1, 0.15) is 5.75 Å². The number of methoxy groups -OCH3 is 1. The first-order valence-electron chi connectivity index (χ1n) is 11.1. The van der Waals surface area contributed by atoms with Crippen molar-refractivity contribution in [2.24, 2.45) is 5.92 Å². The molecule has 168 valence electrons. The molecule has 7 heteroatoms. The molecule has 0 saturated heterocycles. The summed E-state index contributed by atoms with van der Waals surface area (Å²) in [5.74, 6) is 1.50. The summed E-state index contributed by atoms with van der Waals surface area (Å²) in [6.45, 7) is 7.45. The number of sulfonamides is 1. The summed E-state index contributed by atoms with van der Waals surface area (Å²) in [6, 6.07) is 6.20. The number of benzene rings is 1. The molecule has 1 saturated carbocycles. The van der Waals surface area contributed by atoms with Gasteiger partial charge in [-0.3, -0.25) is 0 Å². The number of rotatable bonds is 10. The van der Waals surface area contributed by atoms with Gasteiger partial charge in [-0.25, -0.2) is 13.1 Å². The third-order valence-corrected chi connectivity index (χ3v) is 9.11. The Morgan fingerprint density at radius 1 is 1.20 bits per heavy atom. The Morgan fingerprint density at radius 3 is 2.60 bits per heavy atom. The minimum atomic E-state index is -3.27. The van der Waals surface area contributed by atoms with E-state index in [1.54, 1.807) is 21.0 Å². The molecule has 2 aromatic rings. The molecule has 6 nitrogen and oxygen atoms in total. The molecule has 1 aliphatic rings. The Balaban J connectivity index is 1.40. The van der Waals surface area contributed by atoms with E-state index in [0.29, 0.717) is 12.3 Å². The first kappa shape index (κ1) is 23.1. The van der Waals surface area contributed by atoms with E-state index in [-0.39, 0.29) is 6.04 Å². The van der Waals surface area contributed by atoms with Gasteiger partial charge >= 0.3 is 0 Å². The van der Waals surface area contributed by atoms with E-state index in [1.807, 2.05) is 13.0 Å². The average Bonchev–Trinajstić information content (AvgIpc) is 3.14. The summed E-state index contributed by atoms with van der Waals surface area (Å²) >= 11 is 0. The number of hydrogen-bond donors (Lipinski definition) is 3. The quantitative estimate of drug-likeness (QED) is 0.493. The molecule has 0 amide bonds. The standard InChI is InChI=1S/C23H37N3O3S/c1-5-23(2,3)30(27,28)26-19-8-6-17(7-9-19)15-24-13-12-18-16-25-22-11-10-20(29-4)14-21(18)22/h10-11,14,16-17,19,24-26H,5-9,12-13,15H2,1-4H3. The van der Waals surface area contributed by atoms with E-state index in [1.165, 1.54) is 10.9 Å². The van der Waals surface area contributed by atoms with Gasteiger partial charge in [0.05, 0.1) is 11.9 Å². The van der Waals surface area contributed by atoms with Crippen molar-refractivity contribution in [3.8, 4) is 5.75 Å². The van der Waals surface area contributed by atoms with Gasteiger partial charge in [0.2, 0.25) is 10.0 Å². The molecular weight excluding hydrogens is 398 g/mol. The monoisotopic (exact) mass is 435 g/mol. The van der Waals surface area contributed by atoms with Gasteiger partial charge < -0.3 is 15.0 Å². The zero-order valence-corrected chi connectivity index (χ0v) is 19.6. The predicted octanol–water partition coefficient (Wildman–Crippen LogP) is 3.98. The lowest BCUT2D eigenvalue weighted by molar-refractivity contribution is 0.302. The van der Waals surface area contributed by atoms with Crippen molar-refractivity contribution in [2.75, 3.05) is 20.2 Å². The van der Waals surface area contributed by atoms with E-state index in [2.05, 4.69) is 33.4 Å². The van der Waals surface area contributed by atoms with Gasteiger partial charge in [0.15, 0.2) is 0 Å². The van der Waals surface area contributed by atoms with Gasteiger partial charge in [-0.2, -0.15) is 0 Å². The van der Waals surface area contributed by atoms with Crippen LogP contribution in [-0.2, 0) is 16.4 Å². The lowest BCUT2D eigenvalue weighted by Crippen LogP contribution is -2.47. The van der Waals surface area contributed by atoms with Crippen molar-refractivity contribution < 1.29 is 13.2 Å². The Bertz CT molecular complexity index is 928. The fraction of sp³-hybridized carbons (Fsp3) is 0.652. The smallest absolute Gasteiger partial charge is 0.217 e. The topological polar surface area (TPSA) is 83.2 Å². The SMILES string of the molecule is CCC(C)(C)S(=O)(=O)NC1CCC(CNCCc2c[nH]c3ccc(OC)cc23)CC1. The molecular formula is C23H37N3O3S. The van der Waals surface area contributed by atoms with Crippen LogP contribution in [0.5, 0.6) is 5.75 Å². The van der Waals surface area contributed by atoms with Gasteiger partial charge in [-0.05, 0) is 95.1 Å². The van der Waals surface area contributed by atoms with Crippen LogP contribution in [0.25, 0.3) is 10.9 Å².